The molecule has 0 spiro atoms. The highest BCUT2D eigenvalue weighted by molar-refractivity contribution is 14.1. The number of thioether (sulfide) groups is 1. The van der Waals surface area contributed by atoms with Gasteiger partial charge >= 0.3 is 0 Å². The Bertz CT molecular complexity index is 1320. The zero-order valence-corrected chi connectivity index (χ0v) is 21.5. The van der Waals surface area contributed by atoms with Crippen LogP contribution in [0.4, 0.5) is 11.4 Å². The molecule has 8 nitrogen and oxygen atoms in total. The molecule has 3 aromatic carbocycles. The van der Waals surface area contributed by atoms with E-state index in [2.05, 4.69) is 32.9 Å². The molecule has 0 atom stereocenters. The lowest BCUT2D eigenvalue weighted by Crippen LogP contribution is -2.19. The number of carbonyl (C=O) groups excluding carboxylic acids is 1. The molecular formula is C25H20IN3O5S. The first-order chi connectivity index (χ1) is 16.9. The first kappa shape index (κ1) is 24.7. The van der Waals surface area contributed by atoms with Crippen molar-refractivity contribution in [2.75, 3.05) is 6.61 Å². The number of benzene rings is 3. The number of non-ortho nitro benzene ring substituents is 1. The zero-order chi connectivity index (χ0) is 24.8. The smallest absolute Gasteiger partial charge is 0.269 e. The van der Waals surface area contributed by atoms with Gasteiger partial charge in [0.1, 0.15) is 18.1 Å². The molecule has 0 saturated carbocycles. The van der Waals surface area contributed by atoms with Crippen LogP contribution in [0.3, 0.4) is 0 Å². The minimum absolute atomic E-state index is 0.0283. The lowest BCUT2D eigenvalue weighted by molar-refractivity contribution is -0.384. The Kier molecular flexibility index (Phi) is 8.03. The number of rotatable bonds is 8. The maximum atomic E-state index is 12.4. The molecule has 1 N–H and O–H groups in total. The highest BCUT2D eigenvalue weighted by Gasteiger charge is 2.24. The largest absolute Gasteiger partial charge is 0.494 e. The van der Waals surface area contributed by atoms with Crippen LogP contribution in [0.2, 0.25) is 0 Å². The third-order valence-electron chi connectivity index (χ3n) is 4.80. The van der Waals surface area contributed by atoms with Crippen LogP contribution >= 0.6 is 34.4 Å². The van der Waals surface area contributed by atoms with Gasteiger partial charge < -0.3 is 14.8 Å². The summed E-state index contributed by atoms with van der Waals surface area (Å²) >= 11 is 3.44. The van der Waals surface area contributed by atoms with Crippen molar-refractivity contribution in [1.82, 2.24) is 5.32 Å². The number of carbonyl (C=O) groups is 1. The number of hydrogen-bond acceptors (Lipinski definition) is 7. The van der Waals surface area contributed by atoms with Gasteiger partial charge in [0.2, 0.25) is 0 Å². The predicted octanol–water partition coefficient (Wildman–Crippen LogP) is 6.07. The first-order valence-electron chi connectivity index (χ1n) is 10.6. The third-order valence-corrected chi connectivity index (χ3v) is 6.55. The van der Waals surface area contributed by atoms with Crippen molar-refractivity contribution in [2.45, 2.75) is 13.5 Å². The Morgan fingerprint density at radius 2 is 1.91 bits per heavy atom. The Labute approximate surface area is 219 Å². The SMILES string of the molecule is CCOc1ccc(N=C2NC(=O)/C(=C\c3ccc(OCc4cccc([N+](=O)[O-])c4)c(I)c3)S2)cc1. The standard InChI is InChI=1S/C25H20IN3O5S/c1-2-33-20-9-7-18(8-10-20)27-25-28-24(30)23(35-25)14-16-6-11-22(21(26)13-16)34-15-17-4-3-5-19(12-17)29(31)32/h3-14H,2,15H2,1H3,(H,27,28,30)/b23-14+. The minimum atomic E-state index is -0.430. The molecule has 1 aliphatic heterocycles. The number of nitro benzene ring substituents is 1. The number of halogens is 1. The predicted molar refractivity (Wildman–Crippen MR) is 145 cm³/mol. The molecule has 1 fully saturated rings. The van der Waals surface area contributed by atoms with Crippen molar-refractivity contribution >= 4 is 62.9 Å². The van der Waals surface area contributed by atoms with Crippen molar-refractivity contribution in [3.05, 3.63) is 96.4 Å². The fraction of sp³-hybridized carbons (Fsp3) is 0.120. The molecule has 1 saturated heterocycles. The Morgan fingerprint density at radius 3 is 2.63 bits per heavy atom. The molecule has 0 unspecified atom stereocenters. The quantitative estimate of drug-likeness (QED) is 0.146. The molecule has 178 valence electrons. The lowest BCUT2D eigenvalue weighted by Gasteiger charge is -2.09. The highest BCUT2D eigenvalue weighted by Crippen LogP contribution is 2.30. The van der Waals surface area contributed by atoms with Gasteiger partial charge in [0.25, 0.3) is 11.6 Å². The van der Waals surface area contributed by atoms with Gasteiger partial charge in [-0.25, -0.2) is 4.99 Å². The van der Waals surface area contributed by atoms with E-state index in [-0.39, 0.29) is 18.2 Å². The minimum Gasteiger partial charge on any atom is -0.494 e. The van der Waals surface area contributed by atoms with E-state index < -0.39 is 4.92 Å². The summed E-state index contributed by atoms with van der Waals surface area (Å²) in [5.74, 6) is 1.22. The van der Waals surface area contributed by atoms with E-state index >= 15 is 0 Å². The van der Waals surface area contributed by atoms with E-state index in [1.54, 1.807) is 18.2 Å². The number of hydrogen-bond donors (Lipinski definition) is 1. The Hall–Kier alpha value is -3.38. The first-order valence-corrected chi connectivity index (χ1v) is 12.5. The summed E-state index contributed by atoms with van der Waals surface area (Å²) in [6, 6.07) is 19.3. The highest BCUT2D eigenvalue weighted by atomic mass is 127. The lowest BCUT2D eigenvalue weighted by atomic mass is 10.2. The van der Waals surface area contributed by atoms with Crippen molar-refractivity contribution in [3.8, 4) is 11.5 Å². The summed E-state index contributed by atoms with van der Waals surface area (Å²) in [5.41, 5.74) is 2.30. The molecule has 1 amide bonds. The topological polar surface area (TPSA) is 103 Å². The van der Waals surface area contributed by atoms with Crippen LogP contribution in [-0.4, -0.2) is 22.6 Å². The van der Waals surface area contributed by atoms with Gasteiger partial charge in [0, 0.05) is 12.1 Å². The number of ether oxygens (including phenoxy) is 2. The summed E-state index contributed by atoms with van der Waals surface area (Å²) in [6.07, 6.45) is 1.80. The zero-order valence-electron chi connectivity index (χ0n) is 18.6. The van der Waals surface area contributed by atoms with E-state index in [4.69, 9.17) is 9.47 Å². The molecule has 0 bridgehead atoms. The number of aliphatic imine (C=N–C) groups is 1. The maximum Gasteiger partial charge on any atom is 0.269 e. The molecule has 1 heterocycles. The average molecular weight is 601 g/mol. The van der Waals surface area contributed by atoms with Gasteiger partial charge in [-0.1, -0.05) is 18.2 Å². The number of nitro groups is 1. The van der Waals surface area contributed by atoms with Crippen LogP contribution in [0.25, 0.3) is 6.08 Å². The number of nitrogens with one attached hydrogen (secondary N) is 1. The molecule has 0 radical (unpaired) electrons. The second kappa shape index (κ2) is 11.4. The summed E-state index contributed by atoms with van der Waals surface area (Å²) in [5, 5.41) is 14.2. The van der Waals surface area contributed by atoms with Crippen LogP contribution in [-0.2, 0) is 11.4 Å². The van der Waals surface area contributed by atoms with Crippen LogP contribution in [0, 0.1) is 13.7 Å². The van der Waals surface area contributed by atoms with Gasteiger partial charge in [-0.3, -0.25) is 14.9 Å². The normalized spacial score (nSPS) is 15.3. The maximum absolute atomic E-state index is 12.4. The fourth-order valence-electron chi connectivity index (χ4n) is 3.18. The molecule has 35 heavy (non-hydrogen) atoms. The summed E-state index contributed by atoms with van der Waals surface area (Å²) in [6.45, 7) is 2.73. The van der Waals surface area contributed by atoms with Crippen molar-refractivity contribution in [1.29, 1.82) is 0 Å². The third kappa shape index (κ3) is 6.61. The number of amides is 1. The van der Waals surface area contributed by atoms with Gasteiger partial charge in [-0.2, -0.15) is 0 Å². The van der Waals surface area contributed by atoms with E-state index in [9.17, 15) is 14.9 Å². The van der Waals surface area contributed by atoms with E-state index in [1.807, 2.05) is 49.4 Å². The Balaban J connectivity index is 1.42. The van der Waals surface area contributed by atoms with Gasteiger partial charge in [-0.15, -0.1) is 0 Å². The van der Waals surface area contributed by atoms with Gasteiger partial charge in [0.15, 0.2) is 5.17 Å². The summed E-state index contributed by atoms with van der Waals surface area (Å²) in [7, 11) is 0. The van der Waals surface area contributed by atoms with Crippen LogP contribution in [0.15, 0.2) is 76.6 Å². The van der Waals surface area contributed by atoms with Gasteiger partial charge in [-0.05, 0) is 94.9 Å². The molecule has 0 aromatic heterocycles. The van der Waals surface area contributed by atoms with Gasteiger partial charge in [0.05, 0.1) is 25.7 Å². The molecule has 1 aliphatic rings. The monoisotopic (exact) mass is 601 g/mol. The van der Waals surface area contributed by atoms with Crippen LogP contribution in [0.5, 0.6) is 11.5 Å². The van der Waals surface area contributed by atoms with Crippen LogP contribution < -0.4 is 14.8 Å². The fourth-order valence-corrected chi connectivity index (χ4v) is 4.71. The average Bonchev–Trinajstić information content (AvgIpc) is 3.18. The molecule has 3 aromatic rings. The van der Waals surface area contributed by atoms with E-state index in [0.717, 1.165) is 20.6 Å². The van der Waals surface area contributed by atoms with E-state index in [1.165, 1.54) is 23.9 Å². The molecule has 0 aliphatic carbocycles. The second-order valence-electron chi connectivity index (χ2n) is 7.31. The number of amidine groups is 1. The molecular weight excluding hydrogens is 581 g/mol. The summed E-state index contributed by atoms with van der Waals surface area (Å²) in [4.78, 5) is 28.0. The number of nitrogens with zero attached hydrogens (tertiary/aromatic N) is 2. The second-order valence-corrected chi connectivity index (χ2v) is 9.51. The molecule has 4 rings (SSSR count). The Morgan fingerprint density at radius 1 is 1.11 bits per heavy atom. The van der Waals surface area contributed by atoms with Crippen molar-refractivity contribution < 1.29 is 19.2 Å². The van der Waals surface area contributed by atoms with Crippen molar-refractivity contribution in [2.24, 2.45) is 4.99 Å². The van der Waals surface area contributed by atoms with Crippen LogP contribution in [0.1, 0.15) is 18.1 Å². The van der Waals surface area contributed by atoms with Crippen molar-refractivity contribution in [3.63, 3.8) is 0 Å². The van der Waals surface area contributed by atoms with E-state index in [0.29, 0.717) is 28.0 Å². The summed E-state index contributed by atoms with van der Waals surface area (Å²) < 4.78 is 12.1. The molecule has 10 heteroatoms.